The summed E-state index contributed by atoms with van der Waals surface area (Å²) < 4.78 is 37.0. The Hall–Kier alpha value is -1.27. The predicted octanol–water partition coefficient (Wildman–Crippen LogP) is 2.59. The van der Waals surface area contributed by atoms with Crippen molar-refractivity contribution in [3.05, 3.63) is 29.3 Å². The highest BCUT2D eigenvalue weighted by atomic mass is 35.5. The molecule has 0 aliphatic rings. The van der Waals surface area contributed by atoms with E-state index in [0.29, 0.717) is 6.92 Å². The normalized spacial score (nSPS) is 15.2. The van der Waals surface area contributed by atoms with Gasteiger partial charge in [-0.1, -0.05) is 23.7 Å². The van der Waals surface area contributed by atoms with Gasteiger partial charge in [-0.05, 0) is 19.1 Å². The second-order valence-corrected chi connectivity index (χ2v) is 3.91. The van der Waals surface area contributed by atoms with Crippen molar-refractivity contribution in [1.29, 1.82) is 0 Å². The molecule has 17 heavy (non-hydrogen) atoms. The van der Waals surface area contributed by atoms with Gasteiger partial charge in [-0.25, -0.2) is 0 Å². The fourth-order valence-corrected chi connectivity index (χ4v) is 1.12. The molecule has 2 N–H and O–H groups in total. The number of hydrogen-bond donors (Lipinski definition) is 2. The van der Waals surface area contributed by atoms with E-state index in [1.54, 1.807) is 6.07 Å². The molecule has 1 rings (SSSR count). The predicted molar refractivity (Wildman–Crippen MR) is 56.8 cm³/mol. The quantitative estimate of drug-likeness (QED) is 0.865. The summed E-state index contributed by atoms with van der Waals surface area (Å²) in [5.74, 6) is -1.59. The van der Waals surface area contributed by atoms with Gasteiger partial charge in [0.2, 0.25) is 5.60 Å². The second-order valence-electron chi connectivity index (χ2n) is 3.50. The molecule has 0 aromatic heterocycles. The lowest BCUT2D eigenvalue weighted by Gasteiger charge is -2.25. The Balaban J connectivity index is 2.91. The van der Waals surface area contributed by atoms with Gasteiger partial charge < -0.3 is 10.4 Å². The van der Waals surface area contributed by atoms with Crippen molar-refractivity contribution in [2.45, 2.75) is 18.7 Å². The summed E-state index contributed by atoms with van der Waals surface area (Å²) in [6.07, 6.45) is -5.06. The smallest absolute Gasteiger partial charge is 0.373 e. The summed E-state index contributed by atoms with van der Waals surface area (Å²) in [5, 5.41) is 11.1. The molecule has 1 amide bonds. The Morgan fingerprint density at radius 2 is 1.88 bits per heavy atom. The van der Waals surface area contributed by atoms with E-state index in [1.807, 2.05) is 5.32 Å². The van der Waals surface area contributed by atoms with E-state index in [1.165, 1.54) is 18.2 Å². The Morgan fingerprint density at radius 3 is 2.35 bits per heavy atom. The molecule has 0 saturated carbocycles. The first-order valence-corrected chi connectivity index (χ1v) is 4.89. The summed E-state index contributed by atoms with van der Waals surface area (Å²) in [6.45, 7) is 0.374. The molecule has 1 aromatic rings. The van der Waals surface area contributed by atoms with Crippen LogP contribution in [0.2, 0.25) is 5.02 Å². The first-order chi connectivity index (χ1) is 7.66. The molecule has 1 atom stereocenters. The maximum Gasteiger partial charge on any atom is 0.426 e. The van der Waals surface area contributed by atoms with E-state index in [0.717, 1.165) is 0 Å². The monoisotopic (exact) mass is 267 g/mol. The summed E-state index contributed by atoms with van der Waals surface area (Å²) in [5.41, 5.74) is -3.46. The minimum Gasteiger partial charge on any atom is -0.373 e. The Kier molecular flexibility index (Phi) is 3.68. The van der Waals surface area contributed by atoms with Crippen LogP contribution in [0.4, 0.5) is 18.9 Å². The largest absolute Gasteiger partial charge is 0.426 e. The number of carbonyl (C=O) groups is 1. The molecular weight excluding hydrogens is 259 g/mol. The fourth-order valence-electron chi connectivity index (χ4n) is 0.935. The molecule has 0 saturated heterocycles. The molecule has 0 heterocycles. The third-order valence-corrected chi connectivity index (χ3v) is 2.45. The fraction of sp³-hybridized carbons (Fsp3) is 0.300. The number of rotatable bonds is 2. The van der Waals surface area contributed by atoms with Crippen LogP contribution in [-0.4, -0.2) is 22.8 Å². The van der Waals surface area contributed by atoms with Crippen LogP contribution in [-0.2, 0) is 4.79 Å². The van der Waals surface area contributed by atoms with Crippen molar-refractivity contribution < 1.29 is 23.1 Å². The molecule has 94 valence electrons. The minimum absolute atomic E-state index is 0.00342. The van der Waals surface area contributed by atoms with Gasteiger partial charge >= 0.3 is 6.18 Å². The van der Waals surface area contributed by atoms with Crippen molar-refractivity contribution in [2.75, 3.05) is 5.32 Å². The SMILES string of the molecule is C[C@@](O)(C(=O)Nc1ccccc1Cl)C(F)(F)F. The number of halogens is 4. The van der Waals surface area contributed by atoms with Crippen LogP contribution in [0.3, 0.4) is 0 Å². The van der Waals surface area contributed by atoms with Crippen molar-refractivity contribution in [2.24, 2.45) is 0 Å². The third kappa shape index (κ3) is 2.89. The van der Waals surface area contributed by atoms with Gasteiger partial charge in [-0.15, -0.1) is 0 Å². The van der Waals surface area contributed by atoms with Crippen LogP contribution < -0.4 is 5.32 Å². The van der Waals surface area contributed by atoms with Crippen molar-refractivity contribution >= 4 is 23.2 Å². The van der Waals surface area contributed by atoms with Gasteiger partial charge in [0.15, 0.2) is 0 Å². The molecule has 3 nitrogen and oxygen atoms in total. The van der Waals surface area contributed by atoms with E-state index in [9.17, 15) is 18.0 Å². The lowest BCUT2D eigenvalue weighted by Crippen LogP contribution is -2.52. The van der Waals surface area contributed by atoms with E-state index in [4.69, 9.17) is 16.7 Å². The summed E-state index contributed by atoms with van der Waals surface area (Å²) in [6, 6.07) is 5.77. The molecule has 1 aromatic carbocycles. The number of nitrogens with one attached hydrogen (secondary N) is 1. The topological polar surface area (TPSA) is 49.3 Å². The average Bonchev–Trinajstić information content (AvgIpc) is 2.19. The average molecular weight is 268 g/mol. The van der Waals surface area contributed by atoms with E-state index in [-0.39, 0.29) is 10.7 Å². The van der Waals surface area contributed by atoms with Gasteiger partial charge in [-0.3, -0.25) is 4.79 Å². The van der Waals surface area contributed by atoms with Gasteiger partial charge in [0.05, 0.1) is 10.7 Å². The van der Waals surface area contributed by atoms with Crippen LogP contribution in [0, 0.1) is 0 Å². The zero-order valence-corrected chi connectivity index (χ0v) is 9.43. The van der Waals surface area contributed by atoms with Gasteiger partial charge in [0, 0.05) is 0 Å². The van der Waals surface area contributed by atoms with Crippen LogP contribution in [0.25, 0.3) is 0 Å². The molecule has 0 aliphatic carbocycles. The lowest BCUT2D eigenvalue weighted by atomic mass is 10.1. The summed E-state index contributed by atoms with van der Waals surface area (Å²) in [4.78, 5) is 11.3. The standard InChI is InChI=1S/C10H9ClF3NO2/c1-9(17,10(12,13)14)8(16)15-7-5-3-2-4-6(7)11/h2-5,17H,1H3,(H,15,16)/t9-/m1/s1. The number of amides is 1. The summed E-state index contributed by atoms with van der Waals surface area (Å²) in [7, 11) is 0. The molecule has 0 aliphatic heterocycles. The van der Waals surface area contributed by atoms with Gasteiger partial charge in [0.1, 0.15) is 0 Å². The number of carbonyl (C=O) groups excluding carboxylic acids is 1. The minimum atomic E-state index is -5.06. The second kappa shape index (κ2) is 4.54. The number of benzene rings is 1. The van der Waals surface area contributed by atoms with E-state index >= 15 is 0 Å². The molecular formula is C10H9ClF3NO2. The molecule has 0 unspecified atom stereocenters. The van der Waals surface area contributed by atoms with Crippen LogP contribution in [0.15, 0.2) is 24.3 Å². The van der Waals surface area contributed by atoms with Crippen molar-refractivity contribution in [3.63, 3.8) is 0 Å². The Bertz CT molecular complexity index is 432. The van der Waals surface area contributed by atoms with Gasteiger partial charge in [-0.2, -0.15) is 13.2 Å². The van der Waals surface area contributed by atoms with Crippen molar-refractivity contribution in [1.82, 2.24) is 0 Å². The maximum atomic E-state index is 12.3. The molecule has 0 fully saturated rings. The highest BCUT2D eigenvalue weighted by Crippen LogP contribution is 2.31. The number of anilines is 1. The van der Waals surface area contributed by atoms with Crippen LogP contribution in [0.5, 0.6) is 0 Å². The van der Waals surface area contributed by atoms with E-state index < -0.39 is 17.7 Å². The number of alkyl halides is 3. The number of para-hydroxylation sites is 1. The van der Waals surface area contributed by atoms with Crippen LogP contribution >= 0.6 is 11.6 Å². The third-order valence-electron chi connectivity index (χ3n) is 2.12. The molecule has 7 heteroatoms. The lowest BCUT2D eigenvalue weighted by molar-refractivity contribution is -0.242. The summed E-state index contributed by atoms with van der Waals surface area (Å²) >= 11 is 5.66. The zero-order valence-electron chi connectivity index (χ0n) is 8.68. The van der Waals surface area contributed by atoms with Crippen molar-refractivity contribution in [3.8, 4) is 0 Å². The highest BCUT2D eigenvalue weighted by molar-refractivity contribution is 6.33. The highest BCUT2D eigenvalue weighted by Gasteiger charge is 2.55. The molecule has 0 bridgehead atoms. The Labute approximate surface area is 100 Å². The van der Waals surface area contributed by atoms with E-state index in [2.05, 4.69) is 0 Å². The Morgan fingerprint density at radius 1 is 1.35 bits per heavy atom. The number of hydrogen-bond acceptors (Lipinski definition) is 2. The van der Waals surface area contributed by atoms with Gasteiger partial charge in [0.25, 0.3) is 5.91 Å². The molecule has 0 radical (unpaired) electrons. The molecule has 0 spiro atoms. The zero-order chi connectivity index (χ0) is 13.3. The van der Waals surface area contributed by atoms with Crippen LogP contribution in [0.1, 0.15) is 6.92 Å². The maximum absolute atomic E-state index is 12.3. The first kappa shape index (κ1) is 13.8. The first-order valence-electron chi connectivity index (χ1n) is 4.51. The number of aliphatic hydroxyl groups is 1.